The van der Waals surface area contributed by atoms with Gasteiger partial charge >= 0.3 is 6.09 Å². The maximum atomic E-state index is 11.6. The van der Waals surface area contributed by atoms with E-state index in [0.717, 1.165) is 4.90 Å². The van der Waals surface area contributed by atoms with Crippen LogP contribution in [0, 0.1) is 0 Å². The zero-order valence-electron chi connectivity index (χ0n) is 10.9. The topological polar surface area (TPSA) is 82.4 Å². The minimum atomic E-state index is -1.03. The minimum Gasteiger partial charge on any atom is -0.465 e. The fraction of sp³-hybridized carbons (Fsp3) is 0.727. The Balaban J connectivity index is 2.48. The molecule has 0 radical (unpaired) electrons. The van der Waals surface area contributed by atoms with Gasteiger partial charge in [-0.15, -0.1) is 0 Å². The highest BCUT2D eigenvalue weighted by atomic mass is 16.5. The number of hydrogen-bond donors (Lipinski definition) is 1. The molecular formula is C11H19N3O4. The van der Waals surface area contributed by atoms with E-state index in [1.807, 2.05) is 6.92 Å². The van der Waals surface area contributed by atoms with Crippen molar-refractivity contribution < 1.29 is 19.4 Å². The quantitative estimate of drug-likeness (QED) is 0.755. The average molecular weight is 257 g/mol. The molecular weight excluding hydrogens is 238 g/mol. The van der Waals surface area contributed by atoms with Crippen molar-refractivity contribution in [2.24, 2.45) is 5.10 Å². The summed E-state index contributed by atoms with van der Waals surface area (Å²) >= 11 is 0. The highest BCUT2D eigenvalue weighted by Gasteiger charge is 2.25. The molecule has 0 aromatic rings. The van der Waals surface area contributed by atoms with Gasteiger partial charge in [0.1, 0.15) is 0 Å². The molecule has 1 atom stereocenters. The minimum absolute atomic E-state index is 0.0683. The summed E-state index contributed by atoms with van der Waals surface area (Å²) < 4.78 is 5.10. The maximum Gasteiger partial charge on any atom is 0.407 e. The number of amides is 2. The van der Waals surface area contributed by atoms with Crippen molar-refractivity contribution in [3.8, 4) is 0 Å². The van der Waals surface area contributed by atoms with Crippen molar-refractivity contribution in [2.45, 2.75) is 25.9 Å². The molecule has 102 valence electrons. The maximum absolute atomic E-state index is 11.6. The first kappa shape index (κ1) is 14.4. The molecule has 0 saturated heterocycles. The molecule has 7 nitrogen and oxygen atoms in total. The standard InChI is InChI=1S/C11H19N3O4/c1-8(18-3)4-5-14-10(15)6-9(12-14)7-13(2)11(16)17/h8H,4-7H2,1-3H3,(H,16,17). The van der Waals surface area contributed by atoms with Crippen LogP contribution < -0.4 is 0 Å². The summed E-state index contributed by atoms with van der Waals surface area (Å²) in [6, 6.07) is 0. The number of hydrazone groups is 1. The Morgan fingerprint density at radius 3 is 2.89 bits per heavy atom. The van der Waals surface area contributed by atoms with E-state index in [-0.39, 0.29) is 25.0 Å². The van der Waals surface area contributed by atoms with Gasteiger partial charge in [0.25, 0.3) is 0 Å². The summed E-state index contributed by atoms with van der Waals surface area (Å²) in [5.74, 6) is -0.0907. The zero-order valence-corrected chi connectivity index (χ0v) is 10.9. The van der Waals surface area contributed by atoms with Crippen molar-refractivity contribution in [3.05, 3.63) is 0 Å². The molecule has 2 amide bonds. The van der Waals surface area contributed by atoms with E-state index in [0.29, 0.717) is 18.7 Å². The molecule has 7 heteroatoms. The molecule has 0 spiro atoms. The summed E-state index contributed by atoms with van der Waals surface area (Å²) in [7, 11) is 3.07. The van der Waals surface area contributed by atoms with E-state index in [1.54, 1.807) is 7.11 Å². The number of rotatable bonds is 6. The van der Waals surface area contributed by atoms with Crippen molar-refractivity contribution in [3.63, 3.8) is 0 Å². The second-order valence-corrected chi connectivity index (χ2v) is 4.33. The Morgan fingerprint density at radius 2 is 2.33 bits per heavy atom. The van der Waals surface area contributed by atoms with Gasteiger partial charge in [-0.2, -0.15) is 5.10 Å². The number of ether oxygens (including phenoxy) is 1. The van der Waals surface area contributed by atoms with Gasteiger partial charge in [-0.25, -0.2) is 9.80 Å². The van der Waals surface area contributed by atoms with Crippen LogP contribution in [-0.4, -0.2) is 66.1 Å². The molecule has 1 aliphatic heterocycles. The summed E-state index contributed by atoms with van der Waals surface area (Å²) in [6.07, 6.45) is -0.0670. The van der Waals surface area contributed by atoms with Gasteiger partial charge < -0.3 is 14.7 Å². The monoisotopic (exact) mass is 257 g/mol. The van der Waals surface area contributed by atoms with Crippen LogP contribution in [0.3, 0.4) is 0 Å². The van der Waals surface area contributed by atoms with Crippen molar-refractivity contribution in [2.75, 3.05) is 27.2 Å². The van der Waals surface area contributed by atoms with Gasteiger partial charge in [0.15, 0.2) is 0 Å². The van der Waals surface area contributed by atoms with E-state index in [4.69, 9.17) is 9.84 Å². The fourth-order valence-electron chi connectivity index (χ4n) is 1.55. The molecule has 0 saturated carbocycles. The van der Waals surface area contributed by atoms with Crippen LogP contribution in [0.2, 0.25) is 0 Å². The summed E-state index contributed by atoms with van der Waals surface area (Å²) in [5.41, 5.74) is 0.579. The molecule has 0 fully saturated rings. The molecule has 0 aromatic heterocycles. The lowest BCUT2D eigenvalue weighted by molar-refractivity contribution is -0.128. The van der Waals surface area contributed by atoms with Crippen molar-refractivity contribution in [1.29, 1.82) is 0 Å². The predicted octanol–water partition coefficient (Wildman–Crippen LogP) is 0.609. The van der Waals surface area contributed by atoms with Crippen molar-refractivity contribution in [1.82, 2.24) is 9.91 Å². The third-order valence-electron chi connectivity index (χ3n) is 2.80. The zero-order chi connectivity index (χ0) is 13.7. The molecule has 0 aromatic carbocycles. The van der Waals surface area contributed by atoms with Gasteiger partial charge in [-0.05, 0) is 13.3 Å². The fourth-order valence-corrected chi connectivity index (χ4v) is 1.55. The van der Waals surface area contributed by atoms with Gasteiger partial charge in [-0.3, -0.25) is 4.79 Å². The van der Waals surface area contributed by atoms with Gasteiger partial charge in [0.05, 0.1) is 24.8 Å². The number of carboxylic acid groups (broad SMARTS) is 1. The van der Waals surface area contributed by atoms with Crippen molar-refractivity contribution >= 4 is 17.7 Å². The largest absolute Gasteiger partial charge is 0.465 e. The smallest absolute Gasteiger partial charge is 0.407 e. The third kappa shape index (κ3) is 3.99. The number of nitrogens with zero attached hydrogens (tertiary/aromatic N) is 3. The Morgan fingerprint density at radius 1 is 1.67 bits per heavy atom. The predicted molar refractivity (Wildman–Crippen MR) is 65.5 cm³/mol. The van der Waals surface area contributed by atoms with E-state index in [2.05, 4.69) is 5.10 Å². The lowest BCUT2D eigenvalue weighted by Gasteiger charge is -2.14. The molecule has 1 unspecified atom stereocenters. The summed E-state index contributed by atoms with van der Waals surface area (Å²) in [6.45, 7) is 2.58. The molecule has 1 rings (SSSR count). The first-order chi connectivity index (χ1) is 8.43. The Labute approximate surface area is 106 Å². The molecule has 18 heavy (non-hydrogen) atoms. The number of carbonyl (C=O) groups is 2. The third-order valence-corrected chi connectivity index (χ3v) is 2.80. The lowest BCUT2D eigenvalue weighted by Crippen LogP contribution is -2.30. The summed E-state index contributed by atoms with van der Waals surface area (Å²) in [4.78, 5) is 23.4. The number of methoxy groups -OCH3 is 1. The molecule has 1 heterocycles. The highest BCUT2D eigenvalue weighted by molar-refractivity contribution is 6.06. The molecule has 0 bridgehead atoms. The van der Waals surface area contributed by atoms with E-state index < -0.39 is 6.09 Å². The Kier molecular flexibility index (Phi) is 5.08. The Bertz CT molecular complexity index is 356. The van der Waals surface area contributed by atoms with Crippen LogP contribution in [0.1, 0.15) is 19.8 Å². The van der Waals surface area contributed by atoms with E-state index in [9.17, 15) is 9.59 Å². The number of carbonyl (C=O) groups excluding carboxylic acids is 1. The second-order valence-electron chi connectivity index (χ2n) is 4.33. The van der Waals surface area contributed by atoms with Crippen LogP contribution >= 0.6 is 0 Å². The first-order valence-electron chi connectivity index (χ1n) is 5.77. The van der Waals surface area contributed by atoms with Gasteiger partial charge in [0.2, 0.25) is 5.91 Å². The number of hydrogen-bond acceptors (Lipinski definition) is 4. The van der Waals surface area contributed by atoms with E-state index >= 15 is 0 Å². The molecule has 0 aliphatic carbocycles. The van der Waals surface area contributed by atoms with Crippen LogP contribution in [-0.2, 0) is 9.53 Å². The van der Waals surface area contributed by atoms with Crippen LogP contribution in [0.4, 0.5) is 4.79 Å². The first-order valence-corrected chi connectivity index (χ1v) is 5.77. The summed E-state index contributed by atoms with van der Waals surface area (Å²) in [5, 5.41) is 14.3. The average Bonchev–Trinajstić information content (AvgIpc) is 2.66. The van der Waals surface area contributed by atoms with Crippen LogP contribution in [0.25, 0.3) is 0 Å². The van der Waals surface area contributed by atoms with Crippen LogP contribution in [0.15, 0.2) is 5.10 Å². The van der Waals surface area contributed by atoms with Crippen LogP contribution in [0.5, 0.6) is 0 Å². The second kappa shape index (κ2) is 6.34. The van der Waals surface area contributed by atoms with Gasteiger partial charge in [0, 0.05) is 20.7 Å². The molecule has 1 N–H and O–H groups in total. The SMILES string of the molecule is COC(C)CCN1N=C(CN(C)C(=O)O)CC1=O. The normalized spacial score (nSPS) is 16.7. The lowest BCUT2D eigenvalue weighted by atomic mass is 10.2. The highest BCUT2D eigenvalue weighted by Crippen LogP contribution is 2.11. The Hall–Kier alpha value is -1.63. The van der Waals surface area contributed by atoms with Gasteiger partial charge in [-0.1, -0.05) is 0 Å². The van der Waals surface area contributed by atoms with E-state index in [1.165, 1.54) is 12.1 Å². The molecule has 1 aliphatic rings.